The Labute approximate surface area is 152 Å². The number of hydrogen-bond acceptors (Lipinski definition) is 3. The van der Waals surface area contributed by atoms with Gasteiger partial charge >= 0.3 is 0 Å². The van der Waals surface area contributed by atoms with Crippen molar-refractivity contribution >= 4 is 27.6 Å². The molecule has 1 N–H and O–H groups in total. The number of ketones is 1. The van der Waals surface area contributed by atoms with Crippen molar-refractivity contribution in [2.75, 3.05) is 4.72 Å². The molecule has 0 bridgehead atoms. The summed E-state index contributed by atoms with van der Waals surface area (Å²) >= 11 is 0. The van der Waals surface area contributed by atoms with Crippen LogP contribution in [-0.2, 0) is 10.0 Å². The van der Waals surface area contributed by atoms with Crippen molar-refractivity contribution in [3.63, 3.8) is 0 Å². The molecule has 0 aliphatic rings. The predicted molar refractivity (Wildman–Crippen MR) is 103 cm³/mol. The first-order chi connectivity index (χ1) is 12.5. The zero-order valence-electron chi connectivity index (χ0n) is 13.9. The van der Waals surface area contributed by atoms with Gasteiger partial charge in [-0.05, 0) is 35.9 Å². The quantitative estimate of drug-likeness (QED) is 0.522. The molecule has 0 amide bonds. The highest BCUT2D eigenvalue weighted by Crippen LogP contribution is 2.17. The van der Waals surface area contributed by atoms with Gasteiger partial charge in [0, 0.05) is 11.3 Å². The number of carbonyl (C=O) groups excluding carboxylic acids is 1. The van der Waals surface area contributed by atoms with Crippen LogP contribution in [0.3, 0.4) is 0 Å². The summed E-state index contributed by atoms with van der Waals surface area (Å²) < 4.78 is 27.3. The van der Waals surface area contributed by atoms with Gasteiger partial charge < -0.3 is 0 Å². The number of rotatable bonds is 6. The van der Waals surface area contributed by atoms with Gasteiger partial charge in [0.2, 0.25) is 0 Å². The minimum Gasteiger partial charge on any atom is -0.289 e. The Hall–Kier alpha value is -3.18. The van der Waals surface area contributed by atoms with Crippen LogP contribution in [-0.4, -0.2) is 14.2 Å². The van der Waals surface area contributed by atoms with Crippen molar-refractivity contribution in [3.05, 3.63) is 102 Å². The molecule has 0 spiro atoms. The van der Waals surface area contributed by atoms with Crippen LogP contribution in [0.4, 0.5) is 5.69 Å². The number of anilines is 1. The lowest BCUT2D eigenvalue weighted by molar-refractivity contribution is 0.104. The van der Waals surface area contributed by atoms with Crippen molar-refractivity contribution in [1.29, 1.82) is 0 Å². The summed E-state index contributed by atoms with van der Waals surface area (Å²) in [5.41, 5.74) is 1.67. The van der Waals surface area contributed by atoms with Crippen molar-refractivity contribution in [1.82, 2.24) is 0 Å². The maximum absolute atomic E-state index is 12.4. The molecule has 3 rings (SSSR count). The van der Waals surface area contributed by atoms with Crippen LogP contribution < -0.4 is 4.72 Å². The van der Waals surface area contributed by atoms with Gasteiger partial charge in [-0.25, -0.2) is 8.42 Å². The molecule has 0 saturated heterocycles. The number of benzene rings is 3. The second-order valence-corrected chi connectivity index (χ2v) is 7.29. The molecular formula is C21H17NO3S. The molecular weight excluding hydrogens is 346 g/mol. The third-order valence-electron chi connectivity index (χ3n) is 3.68. The third-order valence-corrected chi connectivity index (χ3v) is 5.08. The summed E-state index contributed by atoms with van der Waals surface area (Å²) in [4.78, 5) is 12.5. The molecule has 0 aliphatic carbocycles. The molecule has 3 aromatic carbocycles. The Balaban J connectivity index is 1.78. The first-order valence-corrected chi connectivity index (χ1v) is 9.48. The van der Waals surface area contributed by atoms with E-state index in [0.717, 1.165) is 5.56 Å². The van der Waals surface area contributed by atoms with Crippen LogP contribution >= 0.6 is 0 Å². The van der Waals surface area contributed by atoms with Crippen LogP contribution in [0, 0.1) is 0 Å². The first kappa shape index (κ1) is 17.6. The van der Waals surface area contributed by atoms with E-state index in [1.807, 2.05) is 30.3 Å². The van der Waals surface area contributed by atoms with Crippen LogP contribution in [0.25, 0.3) is 6.08 Å². The molecule has 0 heterocycles. The molecule has 0 saturated carbocycles. The maximum Gasteiger partial charge on any atom is 0.261 e. The van der Waals surface area contributed by atoms with Crippen LogP contribution in [0.2, 0.25) is 0 Å². The van der Waals surface area contributed by atoms with E-state index in [-0.39, 0.29) is 10.7 Å². The lowest BCUT2D eigenvalue weighted by Gasteiger charge is -2.08. The fourth-order valence-corrected chi connectivity index (χ4v) is 3.45. The Kier molecular flexibility index (Phi) is 5.29. The summed E-state index contributed by atoms with van der Waals surface area (Å²) in [5, 5.41) is 0. The Morgan fingerprint density at radius 2 is 1.46 bits per heavy atom. The summed E-state index contributed by atoms with van der Waals surface area (Å²) in [6.07, 6.45) is 3.20. The van der Waals surface area contributed by atoms with Crippen LogP contribution in [0.15, 0.2) is 95.9 Å². The predicted octanol–water partition coefficient (Wildman–Crippen LogP) is 4.38. The Morgan fingerprint density at radius 1 is 0.808 bits per heavy atom. The fraction of sp³-hybridized carbons (Fsp3) is 0. The van der Waals surface area contributed by atoms with Crippen LogP contribution in [0.1, 0.15) is 15.9 Å². The van der Waals surface area contributed by atoms with Gasteiger partial charge in [-0.15, -0.1) is 0 Å². The largest absolute Gasteiger partial charge is 0.289 e. The lowest BCUT2D eigenvalue weighted by atomic mass is 10.1. The minimum atomic E-state index is -3.69. The molecule has 130 valence electrons. The molecule has 3 aromatic rings. The average molecular weight is 363 g/mol. The minimum absolute atomic E-state index is 0.167. The van der Waals surface area contributed by atoms with Gasteiger partial charge in [0.15, 0.2) is 5.78 Å². The number of allylic oxidation sites excluding steroid dienone is 1. The van der Waals surface area contributed by atoms with Crippen molar-refractivity contribution in [3.8, 4) is 0 Å². The van der Waals surface area contributed by atoms with E-state index >= 15 is 0 Å². The zero-order valence-corrected chi connectivity index (χ0v) is 14.7. The number of carbonyl (C=O) groups is 1. The van der Waals surface area contributed by atoms with Crippen molar-refractivity contribution < 1.29 is 13.2 Å². The van der Waals surface area contributed by atoms with Gasteiger partial charge in [0.05, 0.1) is 4.90 Å². The normalized spacial score (nSPS) is 11.4. The maximum atomic E-state index is 12.4. The van der Waals surface area contributed by atoms with Crippen LogP contribution in [0.5, 0.6) is 0 Å². The average Bonchev–Trinajstić information content (AvgIpc) is 2.67. The number of hydrogen-bond donors (Lipinski definition) is 1. The molecule has 0 radical (unpaired) electrons. The first-order valence-electron chi connectivity index (χ1n) is 8.00. The van der Waals surface area contributed by atoms with Gasteiger partial charge in [-0.2, -0.15) is 0 Å². The molecule has 26 heavy (non-hydrogen) atoms. The van der Waals surface area contributed by atoms with E-state index < -0.39 is 10.0 Å². The molecule has 0 aromatic heterocycles. The molecule has 0 unspecified atom stereocenters. The zero-order chi connectivity index (χ0) is 18.4. The van der Waals surface area contributed by atoms with Gasteiger partial charge in [-0.3, -0.25) is 9.52 Å². The second-order valence-electron chi connectivity index (χ2n) is 5.61. The Bertz CT molecular complexity index is 1030. The van der Waals surface area contributed by atoms with E-state index in [4.69, 9.17) is 0 Å². The molecule has 4 nitrogen and oxygen atoms in total. The molecule has 0 aliphatic heterocycles. The number of nitrogens with one attached hydrogen (secondary N) is 1. The van der Waals surface area contributed by atoms with E-state index in [1.165, 1.54) is 24.3 Å². The molecule has 0 atom stereocenters. The topological polar surface area (TPSA) is 63.2 Å². The lowest BCUT2D eigenvalue weighted by Crippen LogP contribution is -2.13. The fourth-order valence-electron chi connectivity index (χ4n) is 2.38. The van der Waals surface area contributed by atoms with E-state index in [1.54, 1.807) is 42.5 Å². The highest BCUT2D eigenvalue weighted by molar-refractivity contribution is 7.92. The highest BCUT2D eigenvalue weighted by Gasteiger charge is 2.14. The molecule has 0 fully saturated rings. The van der Waals surface area contributed by atoms with E-state index in [0.29, 0.717) is 11.3 Å². The highest BCUT2D eigenvalue weighted by atomic mass is 32.2. The monoisotopic (exact) mass is 363 g/mol. The van der Waals surface area contributed by atoms with Crippen molar-refractivity contribution in [2.45, 2.75) is 4.90 Å². The van der Waals surface area contributed by atoms with Gasteiger partial charge in [0.1, 0.15) is 0 Å². The third kappa shape index (κ3) is 4.46. The van der Waals surface area contributed by atoms with Gasteiger partial charge in [-0.1, -0.05) is 66.7 Å². The smallest absolute Gasteiger partial charge is 0.261 e. The number of sulfonamides is 1. The van der Waals surface area contributed by atoms with E-state index in [2.05, 4.69) is 4.72 Å². The van der Waals surface area contributed by atoms with Crippen molar-refractivity contribution in [2.24, 2.45) is 0 Å². The van der Waals surface area contributed by atoms with E-state index in [9.17, 15) is 13.2 Å². The summed E-state index contributed by atoms with van der Waals surface area (Å²) in [6.45, 7) is 0. The summed E-state index contributed by atoms with van der Waals surface area (Å²) in [7, 11) is -3.69. The summed E-state index contributed by atoms with van der Waals surface area (Å²) in [6, 6.07) is 24.0. The van der Waals surface area contributed by atoms with Gasteiger partial charge in [0.25, 0.3) is 10.0 Å². The summed E-state index contributed by atoms with van der Waals surface area (Å²) in [5.74, 6) is -0.199. The standard InChI is InChI=1S/C21H17NO3S/c23-21(15-14-17-8-3-1-4-9-17)18-10-7-11-19(16-18)22-26(24,25)20-12-5-2-6-13-20/h1-16,22H. The SMILES string of the molecule is O=C(C=Cc1ccccc1)c1cccc(NS(=O)(=O)c2ccccc2)c1. The molecule has 5 heteroatoms. The Morgan fingerprint density at radius 3 is 2.15 bits per heavy atom. The second kappa shape index (κ2) is 7.80.